The van der Waals surface area contributed by atoms with E-state index in [1.807, 2.05) is 35.2 Å². The van der Waals surface area contributed by atoms with Crippen LogP contribution >= 0.6 is 11.3 Å². The number of carbonyl (C=O) groups is 1. The molecule has 0 saturated carbocycles. The quantitative estimate of drug-likeness (QED) is 0.508. The van der Waals surface area contributed by atoms with Crippen LogP contribution in [0.1, 0.15) is 30.1 Å². The van der Waals surface area contributed by atoms with Crippen LogP contribution in [0, 0.1) is 5.92 Å². The van der Waals surface area contributed by atoms with E-state index in [0.29, 0.717) is 11.5 Å². The van der Waals surface area contributed by atoms with Gasteiger partial charge in [-0.2, -0.15) is 0 Å². The Morgan fingerprint density at radius 2 is 1.97 bits per heavy atom. The number of piperidine rings is 1. The number of hydrogen-bond donors (Lipinski definition) is 0. The van der Waals surface area contributed by atoms with E-state index in [-0.39, 0.29) is 5.91 Å². The van der Waals surface area contributed by atoms with Gasteiger partial charge in [0.25, 0.3) is 5.91 Å². The van der Waals surface area contributed by atoms with Gasteiger partial charge in [-0.05, 0) is 64.4 Å². The van der Waals surface area contributed by atoms with Crippen LogP contribution in [0.4, 0.5) is 0 Å². The molecule has 7 heteroatoms. The summed E-state index contributed by atoms with van der Waals surface area (Å²) in [5.41, 5.74) is 3.60. The van der Waals surface area contributed by atoms with Crippen molar-refractivity contribution < 1.29 is 4.79 Å². The fraction of sp³-hybridized carbons (Fsp3) is 0.273. The van der Waals surface area contributed by atoms with Crippen molar-refractivity contribution >= 4 is 27.3 Å². The molecule has 0 spiro atoms. The second-order valence-electron chi connectivity index (χ2n) is 7.64. The van der Waals surface area contributed by atoms with E-state index in [2.05, 4.69) is 40.0 Å². The molecule has 1 amide bonds. The third-order valence-electron chi connectivity index (χ3n) is 5.64. The molecule has 29 heavy (non-hydrogen) atoms. The molecule has 0 aliphatic carbocycles. The average molecular weight is 404 g/mol. The molecule has 1 aliphatic rings. The monoisotopic (exact) mass is 403 g/mol. The Morgan fingerprint density at radius 3 is 2.76 bits per heavy atom. The fourth-order valence-electron chi connectivity index (χ4n) is 3.90. The third kappa shape index (κ3) is 3.42. The van der Waals surface area contributed by atoms with Gasteiger partial charge in [-0.3, -0.25) is 4.79 Å². The smallest absolute Gasteiger partial charge is 0.253 e. The molecule has 0 bridgehead atoms. The van der Waals surface area contributed by atoms with Crippen LogP contribution in [0.5, 0.6) is 0 Å². The predicted octanol–water partition coefficient (Wildman–Crippen LogP) is 4.42. The molecule has 0 N–H and O–H groups in total. The maximum absolute atomic E-state index is 13.3. The first-order chi connectivity index (χ1) is 14.2. The minimum absolute atomic E-state index is 0.0765. The summed E-state index contributed by atoms with van der Waals surface area (Å²) in [4.78, 5) is 15.2. The van der Waals surface area contributed by atoms with Crippen molar-refractivity contribution in [1.82, 2.24) is 25.1 Å². The van der Waals surface area contributed by atoms with Gasteiger partial charge in [0.1, 0.15) is 6.33 Å². The first kappa shape index (κ1) is 18.0. The molecule has 0 radical (unpaired) electrons. The van der Waals surface area contributed by atoms with E-state index in [4.69, 9.17) is 0 Å². The molecule has 6 nitrogen and oxygen atoms in total. The molecule has 2 aromatic heterocycles. The standard InChI is InChI=1S/C22H21N5OS/c1-15-6-8-26(9-7-15)22(28)17-10-16(11-18(12-17)27-14-23-24-25-27)20-13-29-21-5-3-2-4-19(20)21/h2-5,10-15H,6-9H2,1H3. The van der Waals surface area contributed by atoms with Crippen molar-refractivity contribution in [2.24, 2.45) is 5.92 Å². The van der Waals surface area contributed by atoms with Crippen LogP contribution in [0.3, 0.4) is 0 Å². The summed E-state index contributed by atoms with van der Waals surface area (Å²) in [6, 6.07) is 14.3. The molecule has 2 aromatic carbocycles. The maximum atomic E-state index is 13.3. The van der Waals surface area contributed by atoms with Gasteiger partial charge in [0, 0.05) is 34.3 Å². The molecular formula is C22H21N5OS. The number of amides is 1. The molecule has 3 heterocycles. The summed E-state index contributed by atoms with van der Waals surface area (Å²) in [6.45, 7) is 3.87. The van der Waals surface area contributed by atoms with Crippen LogP contribution in [-0.4, -0.2) is 44.1 Å². The molecule has 4 aromatic rings. The minimum atomic E-state index is 0.0765. The predicted molar refractivity (Wildman–Crippen MR) is 114 cm³/mol. The minimum Gasteiger partial charge on any atom is -0.339 e. The van der Waals surface area contributed by atoms with Crippen LogP contribution in [-0.2, 0) is 0 Å². The molecular weight excluding hydrogens is 382 g/mol. The molecule has 5 rings (SSSR count). The van der Waals surface area contributed by atoms with Crippen molar-refractivity contribution in [3.8, 4) is 16.8 Å². The number of fused-ring (bicyclic) bond motifs is 1. The number of likely N-dealkylation sites (tertiary alicyclic amines) is 1. The summed E-state index contributed by atoms with van der Waals surface area (Å²) in [7, 11) is 0. The highest BCUT2D eigenvalue weighted by Crippen LogP contribution is 2.35. The number of hydrogen-bond acceptors (Lipinski definition) is 5. The molecule has 1 aliphatic heterocycles. The Bertz CT molecular complexity index is 1160. The van der Waals surface area contributed by atoms with E-state index >= 15 is 0 Å². The van der Waals surface area contributed by atoms with Gasteiger partial charge < -0.3 is 4.90 Å². The van der Waals surface area contributed by atoms with Crippen molar-refractivity contribution in [3.63, 3.8) is 0 Å². The number of nitrogens with zero attached hydrogens (tertiary/aromatic N) is 5. The second kappa shape index (κ2) is 7.40. The highest BCUT2D eigenvalue weighted by atomic mass is 32.1. The Kier molecular flexibility index (Phi) is 4.60. The van der Waals surface area contributed by atoms with Crippen LogP contribution < -0.4 is 0 Å². The Hall–Kier alpha value is -3.06. The van der Waals surface area contributed by atoms with Gasteiger partial charge in [0.15, 0.2) is 0 Å². The van der Waals surface area contributed by atoms with E-state index in [9.17, 15) is 4.79 Å². The number of carbonyl (C=O) groups excluding carboxylic acids is 1. The molecule has 1 saturated heterocycles. The van der Waals surface area contributed by atoms with Gasteiger partial charge in [-0.25, -0.2) is 4.68 Å². The first-order valence-electron chi connectivity index (χ1n) is 9.83. The second-order valence-corrected chi connectivity index (χ2v) is 8.55. The summed E-state index contributed by atoms with van der Waals surface area (Å²) in [5.74, 6) is 0.756. The van der Waals surface area contributed by atoms with Gasteiger partial charge >= 0.3 is 0 Å². The molecule has 146 valence electrons. The van der Waals surface area contributed by atoms with Crippen molar-refractivity contribution in [1.29, 1.82) is 0 Å². The zero-order chi connectivity index (χ0) is 19.8. The molecule has 1 fully saturated rings. The normalized spacial score (nSPS) is 15.1. The highest BCUT2D eigenvalue weighted by Gasteiger charge is 2.23. The average Bonchev–Trinajstić information content (AvgIpc) is 3.44. The van der Waals surface area contributed by atoms with Crippen molar-refractivity contribution in [2.75, 3.05) is 13.1 Å². The van der Waals surface area contributed by atoms with Crippen LogP contribution in [0.2, 0.25) is 0 Å². The summed E-state index contributed by atoms with van der Waals surface area (Å²) in [6.07, 6.45) is 3.67. The largest absolute Gasteiger partial charge is 0.339 e. The lowest BCUT2D eigenvalue weighted by molar-refractivity contribution is 0.0697. The van der Waals surface area contributed by atoms with Crippen molar-refractivity contribution in [2.45, 2.75) is 19.8 Å². The lowest BCUT2D eigenvalue weighted by atomic mass is 9.97. The Balaban J connectivity index is 1.61. The highest BCUT2D eigenvalue weighted by molar-refractivity contribution is 7.17. The van der Waals surface area contributed by atoms with E-state index in [0.717, 1.165) is 42.7 Å². The maximum Gasteiger partial charge on any atom is 0.253 e. The fourth-order valence-corrected chi connectivity index (χ4v) is 4.87. The first-order valence-corrected chi connectivity index (χ1v) is 10.7. The lowest BCUT2D eigenvalue weighted by Crippen LogP contribution is -2.37. The van der Waals surface area contributed by atoms with Gasteiger partial charge in [0.05, 0.1) is 5.69 Å². The van der Waals surface area contributed by atoms with E-state index in [1.165, 1.54) is 10.1 Å². The lowest BCUT2D eigenvalue weighted by Gasteiger charge is -2.30. The van der Waals surface area contributed by atoms with Gasteiger partial charge in [-0.15, -0.1) is 16.4 Å². The molecule has 0 atom stereocenters. The van der Waals surface area contributed by atoms with Gasteiger partial charge in [0.2, 0.25) is 0 Å². The number of rotatable bonds is 3. The number of tetrazole rings is 1. The van der Waals surface area contributed by atoms with E-state index in [1.54, 1.807) is 22.3 Å². The number of benzene rings is 2. The Morgan fingerprint density at radius 1 is 1.14 bits per heavy atom. The topological polar surface area (TPSA) is 63.9 Å². The summed E-state index contributed by atoms with van der Waals surface area (Å²) in [5, 5.41) is 14.9. The van der Waals surface area contributed by atoms with Crippen LogP contribution in [0.25, 0.3) is 26.9 Å². The molecule has 0 unspecified atom stereocenters. The summed E-state index contributed by atoms with van der Waals surface area (Å²) >= 11 is 1.71. The SMILES string of the molecule is CC1CCN(C(=O)c2cc(-c3csc4ccccc34)cc(-n3cnnn3)c2)CC1. The van der Waals surface area contributed by atoms with Crippen molar-refractivity contribution in [3.05, 3.63) is 59.7 Å². The Labute approximate surface area is 172 Å². The number of aromatic nitrogens is 4. The number of thiophene rings is 1. The van der Waals surface area contributed by atoms with Gasteiger partial charge in [-0.1, -0.05) is 25.1 Å². The zero-order valence-electron chi connectivity index (χ0n) is 16.2. The van der Waals surface area contributed by atoms with E-state index < -0.39 is 0 Å². The third-order valence-corrected chi connectivity index (χ3v) is 6.60. The summed E-state index contributed by atoms with van der Waals surface area (Å²) < 4.78 is 2.83. The van der Waals surface area contributed by atoms with Crippen LogP contribution in [0.15, 0.2) is 54.2 Å². The zero-order valence-corrected chi connectivity index (χ0v) is 17.0.